The Morgan fingerprint density at radius 2 is 1.92 bits per heavy atom. The lowest BCUT2D eigenvalue weighted by molar-refractivity contribution is 0.397. The van der Waals surface area contributed by atoms with Crippen LogP contribution in [0.2, 0.25) is 10.0 Å². The maximum absolute atomic E-state index is 12.8. The summed E-state index contributed by atoms with van der Waals surface area (Å²) in [6.07, 6.45) is 0. The van der Waals surface area contributed by atoms with Crippen LogP contribution in [0.1, 0.15) is 17.0 Å². The van der Waals surface area contributed by atoms with Crippen LogP contribution in [0.25, 0.3) is 10.9 Å². The van der Waals surface area contributed by atoms with Gasteiger partial charge in [-0.2, -0.15) is 5.26 Å². The zero-order valence-electron chi connectivity index (χ0n) is 13.2. The Morgan fingerprint density at radius 3 is 2.69 bits per heavy atom. The number of halogens is 2. The van der Waals surface area contributed by atoms with Crippen molar-refractivity contribution in [3.05, 3.63) is 85.4 Å². The first kappa shape index (κ1) is 16.5. The standard InChI is InChI=1S/C19H11Cl2N3O2/c20-12-6-3-5-10(16(12)21)14-11(8-22)18(23)26-17-9-4-1-2-7-13(9)24-19(25)15(14)17/h1-7,14H,23H2,(H,24,25). The SMILES string of the molecule is N#CC1=C(N)Oc2c(c(=O)[nH]c3ccccc23)C1c1cccc(Cl)c1Cl. The third-order valence-corrected chi connectivity index (χ3v) is 5.21. The number of nitrogens with zero attached hydrogens (tertiary/aromatic N) is 1. The Bertz CT molecular complexity index is 1190. The van der Waals surface area contributed by atoms with Crippen molar-refractivity contribution in [1.29, 1.82) is 5.26 Å². The third-order valence-electron chi connectivity index (χ3n) is 4.38. The Hall–Kier alpha value is -2.94. The van der Waals surface area contributed by atoms with Gasteiger partial charge in [0.15, 0.2) is 0 Å². The van der Waals surface area contributed by atoms with Crippen molar-refractivity contribution < 1.29 is 4.74 Å². The van der Waals surface area contributed by atoms with Gasteiger partial charge in [-0.05, 0) is 23.8 Å². The minimum Gasteiger partial charge on any atom is -0.439 e. The van der Waals surface area contributed by atoms with Crippen LogP contribution in [-0.2, 0) is 0 Å². The largest absolute Gasteiger partial charge is 0.439 e. The lowest BCUT2D eigenvalue weighted by Gasteiger charge is -2.27. The molecule has 0 bridgehead atoms. The summed E-state index contributed by atoms with van der Waals surface area (Å²) in [5, 5.41) is 10.9. The quantitative estimate of drug-likeness (QED) is 0.662. The van der Waals surface area contributed by atoms with E-state index >= 15 is 0 Å². The lowest BCUT2D eigenvalue weighted by atomic mass is 9.83. The highest BCUT2D eigenvalue weighted by molar-refractivity contribution is 6.42. The second kappa shape index (κ2) is 6.10. The highest BCUT2D eigenvalue weighted by atomic mass is 35.5. The molecule has 4 rings (SSSR count). The van der Waals surface area contributed by atoms with Crippen LogP contribution >= 0.6 is 23.2 Å². The molecule has 3 aromatic rings. The van der Waals surface area contributed by atoms with E-state index in [4.69, 9.17) is 33.7 Å². The van der Waals surface area contributed by atoms with Crippen molar-refractivity contribution in [3.8, 4) is 11.8 Å². The summed E-state index contributed by atoms with van der Waals surface area (Å²) in [6.45, 7) is 0. The molecule has 3 N–H and O–H groups in total. The molecule has 5 nitrogen and oxygen atoms in total. The fraction of sp³-hybridized carbons (Fsp3) is 0.0526. The Morgan fingerprint density at radius 1 is 1.15 bits per heavy atom. The van der Waals surface area contributed by atoms with Gasteiger partial charge in [0.2, 0.25) is 5.88 Å². The molecular weight excluding hydrogens is 373 g/mol. The molecule has 2 heterocycles. The summed E-state index contributed by atoms with van der Waals surface area (Å²) in [5.74, 6) is -0.512. The summed E-state index contributed by atoms with van der Waals surface area (Å²) < 4.78 is 5.69. The zero-order chi connectivity index (χ0) is 18.4. The van der Waals surface area contributed by atoms with Crippen molar-refractivity contribution in [3.63, 3.8) is 0 Å². The van der Waals surface area contributed by atoms with Gasteiger partial charge in [-0.1, -0.05) is 47.5 Å². The molecule has 0 saturated carbocycles. The second-order valence-corrected chi connectivity index (χ2v) is 6.60. The second-order valence-electron chi connectivity index (χ2n) is 5.81. The molecule has 1 unspecified atom stereocenters. The number of allylic oxidation sites excluding steroid dienone is 1. The normalized spacial score (nSPS) is 16.1. The number of nitriles is 1. The summed E-state index contributed by atoms with van der Waals surface area (Å²) in [4.78, 5) is 15.7. The molecule has 1 aliphatic heterocycles. The van der Waals surface area contributed by atoms with Crippen molar-refractivity contribution in [2.75, 3.05) is 0 Å². The molecule has 7 heteroatoms. The molecule has 0 fully saturated rings. The fourth-order valence-electron chi connectivity index (χ4n) is 3.23. The highest BCUT2D eigenvalue weighted by Crippen LogP contribution is 2.45. The first-order valence-corrected chi connectivity index (χ1v) is 8.45. The number of aromatic nitrogens is 1. The zero-order valence-corrected chi connectivity index (χ0v) is 14.7. The van der Waals surface area contributed by atoms with E-state index in [1.54, 1.807) is 30.3 Å². The van der Waals surface area contributed by atoms with Crippen LogP contribution in [0.4, 0.5) is 0 Å². The Labute approximate surface area is 158 Å². The van der Waals surface area contributed by atoms with Gasteiger partial charge in [0.05, 0.1) is 27.0 Å². The number of nitrogens with two attached hydrogens (primary N) is 1. The Kier molecular flexibility index (Phi) is 3.87. The summed E-state index contributed by atoms with van der Waals surface area (Å²) in [5.41, 5.74) is 7.15. The van der Waals surface area contributed by atoms with Gasteiger partial charge in [-0.3, -0.25) is 4.79 Å². The minimum atomic E-state index is -0.775. The van der Waals surface area contributed by atoms with E-state index in [-0.39, 0.29) is 27.6 Å². The van der Waals surface area contributed by atoms with Crippen LogP contribution in [0, 0.1) is 11.3 Å². The molecule has 0 amide bonds. The number of hydrogen-bond acceptors (Lipinski definition) is 4. The first-order valence-electron chi connectivity index (χ1n) is 7.69. The summed E-state index contributed by atoms with van der Waals surface area (Å²) >= 11 is 12.5. The fourth-order valence-corrected chi connectivity index (χ4v) is 3.64. The van der Waals surface area contributed by atoms with E-state index < -0.39 is 5.92 Å². The van der Waals surface area contributed by atoms with E-state index in [1.807, 2.05) is 18.2 Å². The van der Waals surface area contributed by atoms with Gasteiger partial charge in [0.25, 0.3) is 5.56 Å². The molecule has 0 saturated heterocycles. The molecule has 1 atom stereocenters. The number of hydrogen-bond donors (Lipinski definition) is 2. The lowest BCUT2D eigenvalue weighted by Crippen LogP contribution is -2.28. The molecule has 0 radical (unpaired) electrons. The highest BCUT2D eigenvalue weighted by Gasteiger charge is 2.35. The average molecular weight is 384 g/mol. The topological polar surface area (TPSA) is 91.9 Å². The number of benzene rings is 2. The van der Waals surface area contributed by atoms with Crippen LogP contribution in [0.5, 0.6) is 5.75 Å². The van der Waals surface area contributed by atoms with Gasteiger partial charge in [-0.25, -0.2) is 0 Å². The van der Waals surface area contributed by atoms with Crippen molar-refractivity contribution >= 4 is 34.1 Å². The van der Waals surface area contributed by atoms with Crippen LogP contribution in [-0.4, -0.2) is 4.98 Å². The van der Waals surface area contributed by atoms with Crippen molar-refractivity contribution in [2.24, 2.45) is 5.73 Å². The minimum absolute atomic E-state index is 0.0585. The maximum atomic E-state index is 12.8. The van der Waals surface area contributed by atoms with Gasteiger partial charge in [0.1, 0.15) is 17.4 Å². The number of nitrogens with one attached hydrogen (secondary N) is 1. The van der Waals surface area contributed by atoms with Gasteiger partial charge in [0, 0.05) is 5.39 Å². The predicted molar refractivity (Wildman–Crippen MR) is 100 cm³/mol. The molecular formula is C19H11Cl2N3O2. The van der Waals surface area contributed by atoms with E-state index in [0.717, 1.165) is 0 Å². The van der Waals surface area contributed by atoms with Crippen molar-refractivity contribution in [2.45, 2.75) is 5.92 Å². The third kappa shape index (κ3) is 2.35. The molecule has 1 aromatic heterocycles. The van der Waals surface area contributed by atoms with E-state index in [9.17, 15) is 10.1 Å². The number of aromatic amines is 1. The molecule has 128 valence electrons. The van der Waals surface area contributed by atoms with Gasteiger partial charge < -0.3 is 15.5 Å². The maximum Gasteiger partial charge on any atom is 0.256 e. The summed E-state index contributed by atoms with van der Waals surface area (Å²) in [7, 11) is 0. The smallest absolute Gasteiger partial charge is 0.256 e. The predicted octanol–water partition coefficient (Wildman–Crippen LogP) is 4.05. The van der Waals surface area contributed by atoms with Crippen LogP contribution < -0.4 is 16.0 Å². The number of rotatable bonds is 1. The van der Waals surface area contributed by atoms with E-state index in [1.165, 1.54) is 0 Å². The first-order chi connectivity index (χ1) is 12.5. The number of ether oxygens (including phenoxy) is 1. The average Bonchev–Trinajstić information content (AvgIpc) is 2.63. The summed E-state index contributed by atoms with van der Waals surface area (Å²) in [6, 6.07) is 14.3. The number of H-pyrrole nitrogens is 1. The monoisotopic (exact) mass is 383 g/mol. The van der Waals surface area contributed by atoms with E-state index in [0.29, 0.717) is 27.2 Å². The van der Waals surface area contributed by atoms with Crippen molar-refractivity contribution in [1.82, 2.24) is 4.98 Å². The molecule has 2 aromatic carbocycles. The van der Waals surface area contributed by atoms with E-state index in [2.05, 4.69) is 4.98 Å². The Balaban J connectivity index is 2.13. The molecule has 1 aliphatic rings. The van der Waals surface area contributed by atoms with Gasteiger partial charge in [-0.15, -0.1) is 0 Å². The molecule has 0 aliphatic carbocycles. The number of pyridine rings is 1. The molecule has 0 spiro atoms. The van der Waals surface area contributed by atoms with Crippen LogP contribution in [0.3, 0.4) is 0 Å². The number of fused-ring (bicyclic) bond motifs is 3. The number of para-hydroxylation sites is 1. The van der Waals surface area contributed by atoms with Crippen LogP contribution in [0.15, 0.2) is 58.7 Å². The van der Waals surface area contributed by atoms with Gasteiger partial charge >= 0.3 is 0 Å². The molecule has 26 heavy (non-hydrogen) atoms.